The lowest BCUT2D eigenvalue weighted by atomic mass is 10.2. The number of ether oxygens (including phenoxy) is 2. The third kappa shape index (κ3) is 3.97. The first-order valence-electron chi connectivity index (χ1n) is 5.33. The van der Waals surface area contributed by atoms with Crippen molar-refractivity contribution in [3.63, 3.8) is 0 Å². The van der Waals surface area contributed by atoms with E-state index in [2.05, 4.69) is 10.6 Å². The topological polar surface area (TPSA) is 76.7 Å². The molecule has 0 radical (unpaired) electrons. The van der Waals surface area contributed by atoms with E-state index in [9.17, 15) is 9.59 Å². The summed E-state index contributed by atoms with van der Waals surface area (Å²) >= 11 is 0. The van der Waals surface area contributed by atoms with Gasteiger partial charge in [0.05, 0.1) is 26.5 Å². The zero-order valence-electron chi connectivity index (χ0n) is 10.6. The summed E-state index contributed by atoms with van der Waals surface area (Å²) in [4.78, 5) is 22.3. The van der Waals surface area contributed by atoms with Crippen molar-refractivity contribution in [3.05, 3.63) is 18.2 Å². The molecule has 0 saturated carbocycles. The van der Waals surface area contributed by atoms with Crippen LogP contribution in [0, 0.1) is 0 Å². The van der Waals surface area contributed by atoms with Gasteiger partial charge in [-0.3, -0.25) is 9.59 Å². The lowest BCUT2D eigenvalue weighted by Gasteiger charge is -2.11. The fourth-order valence-corrected chi connectivity index (χ4v) is 1.31. The van der Waals surface area contributed by atoms with Crippen molar-refractivity contribution >= 4 is 17.5 Å². The van der Waals surface area contributed by atoms with Gasteiger partial charge in [0.15, 0.2) is 0 Å². The summed E-state index contributed by atoms with van der Waals surface area (Å²) in [6.45, 7) is 1.26. The zero-order valence-corrected chi connectivity index (χ0v) is 10.6. The van der Waals surface area contributed by atoms with E-state index >= 15 is 0 Å². The van der Waals surface area contributed by atoms with Gasteiger partial charge in [0.2, 0.25) is 11.8 Å². The van der Waals surface area contributed by atoms with Gasteiger partial charge in [0.25, 0.3) is 0 Å². The average Bonchev–Trinajstić information content (AvgIpc) is 2.36. The number of carbonyl (C=O) groups is 2. The predicted octanol–water partition coefficient (Wildman–Crippen LogP) is 0.778. The Morgan fingerprint density at radius 2 is 1.94 bits per heavy atom. The largest absolute Gasteiger partial charge is 0.497 e. The Hall–Kier alpha value is -2.24. The SMILES string of the molecule is COc1ccc(OC)c(NC(=O)CNC(C)=O)c1. The first-order valence-corrected chi connectivity index (χ1v) is 5.33. The second-order valence-corrected chi connectivity index (χ2v) is 3.52. The molecule has 0 atom stereocenters. The highest BCUT2D eigenvalue weighted by Gasteiger charge is 2.09. The monoisotopic (exact) mass is 252 g/mol. The van der Waals surface area contributed by atoms with Crippen LogP contribution in [0.3, 0.4) is 0 Å². The molecule has 0 aliphatic carbocycles. The van der Waals surface area contributed by atoms with Crippen LogP contribution in [0.2, 0.25) is 0 Å². The van der Waals surface area contributed by atoms with Crippen LogP contribution in [0.15, 0.2) is 18.2 Å². The van der Waals surface area contributed by atoms with Crippen LogP contribution in [0.5, 0.6) is 11.5 Å². The lowest BCUT2D eigenvalue weighted by Crippen LogP contribution is -2.31. The van der Waals surface area contributed by atoms with Crippen molar-refractivity contribution in [2.45, 2.75) is 6.92 Å². The second-order valence-electron chi connectivity index (χ2n) is 3.52. The number of benzene rings is 1. The molecule has 1 aromatic carbocycles. The number of hydrogen-bond acceptors (Lipinski definition) is 4. The molecule has 0 aliphatic rings. The van der Waals surface area contributed by atoms with Crippen LogP contribution in [0.25, 0.3) is 0 Å². The van der Waals surface area contributed by atoms with Gasteiger partial charge in [0, 0.05) is 13.0 Å². The van der Waals surface area contributed by atoms with E-state index in [0.29, 0.717) is 17.2 Å². The number of methoxy groups -OCH3 is 2. The van der Waals surface area contributed by atoms with Gasteiger partial charge in [-0.2, -0.15) is 0 Å². The summed E-state index contributed by atoms with van der Waals surface area (Å²) in [7, 11) is 3.04. The molecule has 0 fully saturated rings. The molecule has 0 aromatic heterocycles. The standard InChI is InChI=1S/C12H16N2O4/c1-8(15)13-7-12(16)14-10-6-9(17-2)4-5-11(10)18-3/h4-6H,7H2,1-3H3,(H,13,15)(H,14,16). The molecule has 2 N–H and O–H groups in total. The second kappa shape index (κ2) is 6.48. The van der Waals surface area contributed by atoms with E-state index in [1.165, 1.54) is 21.1 Å². The highest BCUT2D eigenvalue weighted by Crippen LogP contribution is 2.28. The maximum absolute atomic E-state index is 11.6. The first-order chi connectivity index (χ1) is 8.56. The van der Waals surface area contributed by atoms with Gasteiger partial charge >= 0.3 is 0 Å². The summed E-state index contributed by atoms with van der Waals surface area (Å²) < 4.78 is 10.2. The quantitative estimate of drug-likeness (QED) is 0.811. The van der Waals surface area contributed by atoms with Gasteiger partial charge < -0.3 is 20.1 Å². The Kier molecular flexibility index (Phi) is 4.98. The molecule has 0 aliphatic heterocycles. The number of nitrogens with one attached hydrogen (secondary N) is 2. The van der Waals surface area contributed by atoms with E-state index in [4.69, 9.17) is 9.47 Å². The van der Waals surface area contributed by atoms with Crippen LogP contribution >= 0.6 is 0 Å². The molecule has 98 valence electrons. The van der Waals surface area contributed by atoms with Crippen LogP contribution in [-0.4, -0.2) is 32.6 Å². The Balaban J connectivity index is 2.75. The number of hydrogen-bond donors (Lipinski definition) is 2. The Bertz CT molecular complexity index is 446. The van der Waals surface area contributed by atoms with E-state index in [0.717, 1.165) is 0 Å². The fourth-order valence-electron chi connectivity index (χ4n) is 1.31. The maximum Gasteiger partial charge on any atom is 0.243 e. The highest BCUT2D eigenvalue weighted by atomic mass is 16.5. The zero-order chi connectivity index (χ0) is 13.5. The van der Waals surface area contributed by atoms with E-state index in [1.807, 2.05) is 0 Å². The van der Waals surface area contributed by atoms with Crippen molar-refractivity contribution in [3.8, 4) is 11.5 Å². The van der Waals surface area contributed by atoms with Crippen LogP contribution in [0.4, 0.5) is 5.69 Å². The third-order valence-electron chi connectivity index (χ3n) is 2.18. The van der Waals surface area contributed by atoms with Gasteiger partial charge in [-0.05, 0) is 12.1 Å². The van der Waals surface area contributed by atoms with Gasteiger partial charge in [-0.1, -0.05) is 0 Å². The number of rotatable bonds is 5. The highest BCUT2D eigenvalue weighted by molar-refractivity contribution is 5.95. The summed E-state index contributed by atoms with van der Waals surface area (Å²) in [5.74, 6) is 0.525. The van der Waals surface area contributed by atoms with Crippen molar-refractivity contribution in [1.82, 2.24) is 5.32 Å². The summed E-state index contributed by atoms with van der Waals surface area (Å²) in [6, 6.07) is 5.06. The molecule has 0 unspecified atom stereocenters. The molecular formula is C12H16N2O4. The predicted molar refractivity (Wildman–Crippen MR) is 66.9 cm³/mol. The van der Waals surface area contributed by atoms with Gasteiger partial charge in [0.1, 0.15) is 11.5 Å². The summed E-state index contributed by atoms with van der Waals surface area (Å²) in [5.41, 5.74) is 0.493. The van der Waals surface area contributed by atoms with Crippen molar-refractivity contribution in [2.24, 2.45) is 0 Å². The van der Waals surface area contributed by atoms with Crippen molar-refractivity contribution in [1.29, 1.82) is 0 Å². The molecule has 6 heteroatoms. The molecular weight excluding hydrogens is 236 g/mol. The molecule has 1 rings (SSSR count). The van der Waals surface area contributed by atoms with Crippen LogP contribution < -0.4 is 20.1 Å². The van der Waals surface area contributed by atoms with Gasteiger partial charge in [-0.25, -0.2) is 0 Å². The number of amides is 2. The van der Waals surface area contributed by atoms with E-state index in [-0.39, 0.29) is 18.4 Å². The molecule has 0 spiro atoms. The maximum atomic E-state index is 11.6. The molecule has 0 heterocycles. The van der Waals surface area contributed by atoms with Crippen molar-refractivity contribution in [2.75, 3.05) is 26.1 Å². The summed E-state index contributed by atoms with van der Waals surface area (Å²) in [6.07, 6.45) is 0. The van der Waals surface area contributed by atoms with Crippen LogP contribution in [-0.2, 0) is 9.59 Å². The Morgan fingerprint density at radius 3 is 2.50 bits per heavy atom. The molecule has 1 aromatic rings. The molecule has 18 heavy (non-hydrogen) atoms. The molecule has 0 bridgehead atoms. The normalized spacial score (nSPS) is 9.50. The third-order valence-corrected chi connectivity index (χ3v) is 2.18. The molecule has 2 amide bonds. The minimum Gasteiger partial charge on any atom is -0.497 e. The number of carbonyl (C=O) groups excluding carboxylic acids is 2. The molecule has 6 nitrogen and oxygen atoms in total. The smallest absolute Gasteiger partial charge is 0.243 e. The Labute approximate surface area is 105 Å². The van der Waals surface area contributed by atoms with E-state index in [1.54, 1.807) is 18.2 Å². The number of anilines is 1. The van der Waals surface area contributed by atoms with Crippen LogP contribution in [0.1, 0.15) is 6.92 Å². The minimum atomic E-state index is -0.336. The first kappa shape index (κ1) is 13.8. The lowest BCUT2D eigenvalue weighted by molar-refractivity contribution is -0.122. The minimum absolute atomic E-state index is 0.0876. The Morgan fingerprint density at radius 1 is 1.22 bits per heavy atom. The fraction of sp³-hybridized carbons (Fsp3) is 0.333. The summed E-state index contributed by atoms with van der Waals surface area (Å²) in [5, 5.41) is 5.04. The average molecular weight is 252 g/mol. The van der Waals surface area contributed by atoms with Gasteiger partial charge in [-0.15, -0.1) is 0 Å². The van der Waals surface area contributed by atoms with E-state index < -0.39 is 0 Å². The van der Waals surface area contributed by atoms with Crippen molar-refractivity contribution < 1.29 is 19.1 Å². The molecule has 0 saturated heterocycles.